The molecule has 235 valence electrons. The van der Waals surface area contributed by atoms with E-state index in [0.717, 1.165) is 0 Å². The van der Waals surface area contributed by atoms with Crippen molar-refractivity contribution in [3.63, 3.8) is 0 Å². The number of hydrogen-bond acceptors (Lipinski definition) is 6. The Labute approximate surface area is 256 Å². The molecule has 0 heterocycles. The second-order valence-electron chi connectivity index (χ2n) is 16.2. The van der Waals surface area contributed by atoms with E-state index in [2.05, 4.69) is 0 Å². The van der Waals surface area contributed by atoms with Crippen molar-refractivity contribution in [1.29, 1.82) is 0 Å². The van der Waals surface area contributed by atoms with Gasteiger partial charge in [-0.1, -0.05) is 125 Å². The van der Waals surface area contributed by atoms with E-state index in [0.29, 0.717) is 0 Å². The summed E-state index contributed by atoms with van der Waals surface area (Å²) in [6, 6.07) is 0. The first-order chi connectivity index (χ1) is 16.6. The van der Waals surface area contributed by atoms with Gasteiger partial charge in [0.15, 0.2) is 17.3 Å². The number of allylic oxidation sites excluding steroid dienone is 6. The quantitative estimate of drug-likeness (QED) is 0.167. The molecule has 0 atom stereocenters. The standard InChI is InChI=1S/3C11H20O2.Mn/c3*1-10(2,3)8(12)7-9(13)11(4,5)6;/h3*7,12H,1-6H3;/b3*8-7+;. The number of aliphatic hydroxyl groups is 3. The molecule has 3 N–H and O–H groups in total. The summed E-state index contributed by atoms with van der Waals surface area (Å²) in [5.41, 5.74) is -2.29. The predicted molar refractivity (Wildman–Crippen MR) is 164 cm³/mol. The van der Waals surface area contributed by atoms with Crippen LogP contribution in [0.2, 0.25) is 0 Å². The van der Waals surface area contributed by atoms with Gasteiger partial charge in [0, 0.05) is 67.8 Å². The fraction of sp³-hybridized carbons (Fsp3) is 0.727. The molecule has 0 aliphatic carbocycles. The topological polar surface area (TPSA) is 112 Å². The maximum Gasteiger partial charge on any atom is 0.164 e. The number of rotatable bonds is 3. The molecule has 1 radical (unpaired) electrons. The minimum Gasteiger partial charge on any atom is -0.512 e. The van der Waals surface area contributed by atoms with Crippen LogP contribution in [0.15, 0.2) is 35.5 Å². The van der Waals surface area contributed by atoms with Crippen LogP contribution in [0.4, 0.5) is 0 Å². The average Bonchev–Trinajstić information content (AvgIpc) is 2.64. The predicted octanol–water partition coefficient (Wildman–Crippen LogP) is 9.27. The molecule has 0 amide bonds. The van der Waals surface area contributed by atoms with Crippen LogP contribution < -0.4 is 0 Å². The average molecular weight is 608 g/mol. The van der Waals surface area contributed by atoms with Crippen molar-refractivity contribution in [3.8, 4) is 0 Å². The zero-order chi connectivity index (χ0) is 32.6. The monoisotopic (exact) mass is 607 g/mol. The van der Waals surface area contributed by atoms with Crippen LogP contribution in [0.25, 0.3) is 0 Å². The molecule has 0 rings (SSSR count). The first-order valence-corrected chi connectivity index (χ1v) is 13.5. The van der Waals surface area contributed by atoms with Crippen LogP contribution in [0.3, 0.4) is 0 Å². The van der Waals surface area contributed by atoms with Crippen molar-refractivity contribution >= 4 is 17.3 Å². The molecule has 0 saturated carbocycles. The van der Waals surface area contributed by atoms with Gasteiger partial charge in [0.1, 0.15) is 17.3 Å². The number of carbonyl (C=O) groups excluding carboxylic acids is 3. The normalized spacial score (nSPS) is 14.1. The molecule has 40 heavy (non-hydrogen) atoms. The van der Waals surface area contributed by atoms with Gasteiger partial charge in [0.05, 0.1) is 0 Å². The minimum atomic E-state index is -0.417. The first kappa shape index (κ1) is 45.1. The van der Waals surface area contributed by atoms with Crippen molar-refractivity contribution in [3.05, 3.63) is 35.5 Å². The van der Waals surface area contributed by atoms with Crippen LogP contribution in [-0.4, -0.2) is 32.7 Å². The van der Waals surface area contributed by atoms with E-state index in [9.17, 15) is 29.7 Å². The number of hydrogen-bond donors (Lipinski definition) is 3. The number of aliphatic hydroxyl groups excluding tert-OH is 3. The summed E-state index contributed by atoms with van der Waals surface area (Å²) in [5, 5.41) is 28.7. The van der Waals surface area contributed by atoms with Crippen LogP contribution in [0.5, 0.6) is 0 Å². The third kappa shape index (κ3) is 21.0. The Bertz CT molecular complexity index is 801. The Morgan fingerprint density at radius 3 is 0.550 bits per heavy atom. The summed E-state index contributed by atoms with van der Waals surface area (Å²) in [6.07, 6.45) is 4.00. The Kier molecular flexibility index (Phi) is 18.0. The zero-order valence-electron chi connectivity index (χ0n) is 28.7. The van der Waals surface area contributed by atoms with E-state index in [1.807, 2.05) is 125 Å². The molecular weight excluding hydrogens is 547 g/mol. The Morgan fingerprint density at radius 1 is 0.350 bits per heavy atom. The van der Waals surface area contributed by atoms with Crippen LogP contribution in [-0.2, 0) is 31.5 Å². The maximum atomic E-state index is 11.5. The summed E-state index contributed by atoms with van der Waals surface area (Å²) in [7, 11) is 0. The molecule has 0 saturated heterocycles. The second kappa shape index (κ2) is 16.0. The molecule has 0 bridgehead atoms. The van der Waals surface area contributed by atoms with Crippen molar-refractivity contribution in [2.24, 2.45) is 32.5 Å². The van der Waals surface area contributed by atoms with Crippen LogP contribution in [0.1, 0.15) is 125 Å². The van der Waals surface area contributed by atoms with Crippen LogP contribution in [0, 0.1) is 32.5 Å². The molecule has 0 aromatic carbocycles. The summed E-state index contributed by atoms with van der Waals surface area (Å²) >= 11 is 0. The smallest absolute Gasteiger partial charge is 0.164 e. The molecular formula is C33H60MnO6. The fourth-order valence-electron chi connectivity index (χ4n) is 1.67. The van der Waals surface area contributed by atoms with E-state index in [1.165, 1.54) is 18.2 Å². The van der Waals surface area contributed by atoms with Crippen molar-refractivity contribution in [2.45, 2.75) is 125 Å². The van der Waals surface area contributed by atoms with E-state index >= 15 is 0 Å². The van der Waals surface area contributed by atoms with Gasteiger partial charge >= 0.3 is 0 Å². The Hall–Kier alpha value is -1.85. The zero-order valence-corrected chi connectivity index (χ0v) is 29.9. The summed E-state index contributed by atoms with van der Waals surface area (Å²) in [4.78, 5) is 34.5. The maximum absolute atomic E-state index is 11.5. The van der Waals surface area contributed by atoms with Crippen molar-refractivity contribution in [1.82, 2.24) is 0 Å². The molecule has 0 aliphatic rings. The van der Waals surface area contributed by atoms with Gasteiger partial charge < -0.3 is 15.3 Å². The van der Waals surface area contributed by atoms with Crippen molar-refractivity contribution < 1.29 is 46.8 Å². The van der Waals surface area contributed by atoms with E-state index < -0.39 is 16.2 Å². The fourth-order valence-corrected chi connectivity index (χ4v) is 1.67. The molecule has 0 aliphatic heterocycles. The Morgan fingerprint density at radius 2 is 0.475 bits per heavy atom. The Balaban J connectivity index is -0.000000240. The first-order valence-electron chi connectivity index (χ1n) is 13.5. The second-order valence-corrected chi connectivity index (χ2v) is 16.2. The summed E-state index contributed by atoms with van der Waals surface area (Å²) in [6.45, 7) is 33.3. The molecule has 0 aromatic heterocycles. The van der Waals surface area contributed by atoms with Gasteiger partial charge in [-0.05, 0) is 0 Å². The van der Waals surface area contributed by atoms with Gasteiger partial charge in [-0.15, -0.1) is 0 Å². The molecule has 0 unspecified atom stereocenters. The van der Waals surface area contributed by atoms with Gasteiger partial charge in [0.25, 0.3) is 0 Å². The van der Waals surface area contributed by atoms with Crippen LogP contribution >= 0.6 is 0 Å². The third-order valence-corrected chi connectivity index (χ3v) is 5.33. The van der Waals surface area contributed by atoms with Gasteiger partial charge in [-0.3, -0.25) is 14.4 Å². The van der Waals surface area contributed by atoms with Gasteiger partial charge in [0.2, 0.25) is 0 Å². The largest absolute Gasteiger partial charge is 0.512 e. The molecule has 0 aromatic rings. The number of carbonyl (C=O) groups is 3. The van der Waals surface area contributed by atoms with Gasteiger partial charge in [-0.2, -0.15) is 0 Å². The van der Waals surface area contributed by atoms with Gasteiger partial charge in [-0.25, -0.2) is 0 Å². The third-order valence-electron chi connectivity index (χ3n) is 5.33. The van der Waals surface area contributed by atoms with E-state index in [-0.39, 0.29) is 67.9 Å². The molecule has 7 heteroatoms. The molecule has 0 fully saturated rings. The van der Waals surface area contributed by atoms with E-state index in [4.69, 9.17) is 0 Å². The van der Waals surface area contributed by atoms with E-state index in [1.54, 1.807) is 0 Å². The minimum absolute atomic E-state index is 0. The molecule has 6 nitrogen and oxygen atoms in total. The number of ketones is 3. The summed E-state index contributed by atoms with van der Waals surface area (Å²) in [5.74, 6) is 0.312. The summed E-state index contributed by atoms with van der Waals surface area (Å²) < 4.78 is 0. The molecule has 0 spiro atoms. The SMILES string of the molecule is CC(C)(C)C(=O)/C=C(/O)C(C)(C)C.CC(C)(C)C(=O)/C=C(/O)C(C)(C)C.CC(C)(C)C(=O)/C=C(/O)C(C)(C)C.[Mn]. The van der Waals surface area contributed by atoms with Crippen molar-refractivity contribution in [2.75, 3.05) is 0 Å².